The maximum absolute atomic E-state index is 6.01. The van der Waals surface area contributed by atoms with Crippen LogP contribution in [0.15, 0.2) is 12.3 Å². The summed E-state index contributed by atoms with van der Waals surface area (Å²) in [5, 5.41) is 0. The van der Waals surface area contributed by atoms with Gasteiger partial charge in [0.1, 0.15) is 5.69 Å². The standard InChI is InChI=1S/C14H18BNO2/c1-7-11-8-12(10(2)9-16-11)15-17-13(3,4)14(5,6)18-15/h1,8-9H,2-6H3. The second-order valence-electron chi connectivity index (χ2n) is 5.66. The van der Waals surface area contributed by atoms with Crippen LogP contribution in [-0.4, -0.2) is 23.3 Å². The maximum Gasteiger partial charge on any atom is 0.495 e. The minimum atomic E-state index is -0.384. The van der Waals surface area contributed by atoms with Crippen molar-refractivity contribution in [2.24, 2.45) is 0 Å². The van der Waals surface area contributed by atoms with Crippen molar-refractivity contribution in [3.63, 3.8) is 0 Å². The van der Waals surface area contributed by atoms with Crippen LogP contribution in [-0.2, 0) is 9.31 Å². The number of hydrogen-bond donors (Lipinski definition) is 0. The first-order chi connectivity index (χ1) is 8.27. The average Bonchev–Trinajstić information content (AvgIpc) is 2.48. The first kappa shape index (κ1) is 13.1. The zero-order valence-corrected chi connectivity index (χ0v) is 11.6. The molecule has 1 fully saturated rings. The van der Waals surface area contributed by atoms with E-state index in [0.717, 1.165) is 11.0 Å². The Labute approximate surface area is 109 Å². The van der Waals surface area contributed by atoms with Crippen molar-refractivity contribution in [1.82, 2.24) is 4.98 Å². The summed E-state index contributed by atoms with van der Waals surface area (Å²) < 4.78 is 12.0. The quantitative estimate of drug-likeness (QED) is 0.555. The van der Waals surface area contributed by atoms with E-state index in [4.69, 9.17) is 15.7 Å². The predicted molar refractivity (Wildman–Crippen MR) is 72.6 cm³/mol. The van der Waals surface area contributed by atoms with Crippen molar-refractivity contribution >= 4 is 12.6 Å². The average molecular weight is 243 g/mol. The number of hydrogen-bond acceptors (Lipinski definition) is 3. The lowest BCUT2D eigenvalue weighted by Crippen LogP contribution is -2.41. The number of nitrogens with zero attached hydrogens (tertiary/aromatic N) is 1. The Morgan fingerprint density at radius 2 is 1.78 bits per heavy atom. The number of aryl methyl sites for hydroxylation is 1. The molecular formula is C14H18BNO2. The predicted octanol–water partition coefficient (Wildman–Crippen LogP) is 1.67. The summed E-state index contributed by atoms with van der Waals surface area (Å²) in [6, 6.07) is 1.86. The second-order valence-corrected chi connectivity index (χ2v) is 5.66. The van der Waals surface area contributed by atoms with Gasteiger partial charge in [-0.25, -0.2) is 4.98 Å². The van der Waals surface area contributed by atoms with Gasteiger partial charge >= 0.3 is 7.12 Å². The summed E-state index contributed by atoms with van der Waals surface area (Å²) in [5.41, 5.74) is 1.89. The van der Waals surface area contributed by atoms with Crippen molar-refractivity contribution in [2.75, 3.05) is 0 Å². The van der Waals surface area contributed by atoms with Gasteiger partial charge in [0.15, 0.2) is 0 Å². The lowest BCUT2D eigenvalue weighted by molar-refractivity contribution is 0.00578. The molecule has 1 aliphatic heterocycles. The van der Waals surface area contributed by atoms with Crippen LogP contribution in [0.5, 0.6) is 0 Å². The summed E-state index contributed by atoms with van der Waals surface area (Å²) in [6.07, 6.45) is 7.14. The molecule has 4 heteroatoms. The highest BCUT2D eigenvalue weighted by atomic mass is 16.7. The molecule has 3 nitrogen and oxygen atoms in total. The van der Waals surface area contributed by atoms with Crippen molar-refractivity contribution in [2.45, 2.75) is 45.8 Å². The molecule has 0 radical (unpaired) electrons. The number of terminal acetylenes is 1. The van der Waals surface area contributed by atoms with E-state index in [0.29, 0.717) is 5.69 Å². The molecule has 0 aromatic carbocycles. The molecule has 2 heterocycles. The Hall–Kier alpha value is -1.31. The minimum absolute atomic E-state index is 0.344. The number of pyridine rings is 1. The van der Waals surface area contributed by atoms with Crippen molar-refractivity contribution in [3.05, 3.63) is 23.5 Å². The first-order valence-electron chi connectivity index (χ1n) is 6.05. The van der Waals surface area contributed by atoms with Crippen LogP contribution in [0.25, 0.3) is 0 Å². The van der Waals surface area contributed by atoms with Gasteiger partial charge in [-0.05, 0) is 51.7 Å². The van der Waals surface area contributed by atoms with Crippen molar-refractivity contribution in [3.8, 4) is 12.3 Å². The van der Waals surface area contributed by atoms with Crippen LogP contribution in [0.1, 0.15) is 39.0 Å². The van der Waals surface area contributed by atoms with Gasteiger partial charge in [0, 0.05) is 6.20 Å². The Kier molecular flexibility index (Phi) is 3.00. The molecule has 0 unspecified atom stereocenters. The molecule has 0 spiro atoms. The van der Waals surface area contributed by atoms with Gasteiger partial charge in [0.25, 0.3) is 0 Å². The largest absolute Gasteiger partial charge is 0.495 e. The highest BCUT2D eigenvalue weighted by molar-refractivity contribution is 6.62. The minimum Gasteiger partial charge on any atom is -0.399 e. The molecule has 2 rings (SSSR count). The lowest BCUT2D eigenvalue weighted by Gasteiger charge is -2.32. The molecule has 1 aromatic heterocycles. The van der Waals surface area contributed by atoms with Gasteiger partial charge in [-0.1, -0.05) is 5.92 Å². The van der Waals surface area contributed by atoms with E-state index < -0.39 is 0 Å². The van der Waals surface area contributed by atoms with E-state index in [9.17, 15) is 0 Å². The molecule has 0 N–H and O–H groups in total. The zero-order valence-electron chi connectivity index (χ0n) is 11.6. The van der Waals surface area contributed by atoms with Crippen LogP contribution in [0, 0.1) is 19.3 Å². The summed E-state index contributed by atoms with van der Waals surface area (Å²) in [5.74, 6) is 2.54. The highest BCUT2D eigenvalue weighted by Gasteiger charge is 2.52. The molecule has 0 amide bonds. The molecular weight excluding hydrogens is 225 g/mol. The highest BCUT2D eigenvalue weighted by Crippen LogP contribution is 2.36. The Morgan fingerprint density at radius 1 is 1.22 bits per heavy atom. The molecule has 1 aromatic rings. The van der Waals surface area contributed by atoms with E-state index in [-0.39, 0.29) is 18.3 Å². The van der Waals surface area contributed by atoms with E-state index >= 15 is 0 Å². The van der Waals surface area contributed by atoms with Gasteiger partial charge < -0.3 is 9.31 Å². The molecule has 0 bridgehead atoms. The Bertz CT molecular complexity index is 501. The van der Waals surface area contributed by atoms with Crippen LogP contribution in [0.3, 0.4) is 0 Å². The Morgan fingerprint density at radius 3 is 2.28 bits per heavy atom. The Balaban J connectivity index is 2.38. The monoisotopic (exact) mass is 243 g/mol. The number of rotatable bonds is 1. The summed E-state index contributed by atoms with van der Waals surface area (Å²) in [4.78, 5) is 4.15. The third kappa shape index (κ3) is 2.05. The molecule has 0 saturated carbocycles. The van der Waals surface area contributed by atoms with Crippen molar-refractivity contribution in [1.29, 1.82) is 0 Å². The van der Waals surface area contributed by atoms with Crippen molar-refractivity contribution < 1.29 is 9.31 Å². The van der Waals surface area contributed by atoms with E-state index in [1.54, 1.807) is 6.20 Å². The molecule has 1 saturated heterocycles. The molecule has 0 aliphatic carbocycles. The lowest BCUT2D eigenvalue weighted by atomic mass is 9.76. The van der Waals surface area contributed by atoms with Gasteiger partial charge in [-0.2, -0.15) is 0 Å². The fraction of sp³-hybridized carbons (Fsp3) is 0.500. The fourth-order valence-corrected chi connectivity index (χ4v) is 1.84. The summed E-state index contributed by atoms with van der Waals surface area (Å²) >= 11 is 0. The maximum atomic E-state index is 6.01. The van der Waals surface area contributed by atoms with E-state index in [1.165, 1.54) is 0 Å². The smallest absolute Gasteiger partial charge is 0.399 e. The third-order valence-corrected chi connectivity index (χ3v) is 3.80. The molecule has 18 heavy (non-hydrogen) atoms. The topological polar surface area (TPSA) is 31.4 Å². The van der Waals surface area contributed by atoms with Crippen LogP contribution in [0.2, 0.25) is 0 Å². The van der Waals surface area contributed by atoms with Gasteiger partial charge in [0.05, 0.1) is 11.2 Å². The SMILES string of the molecule is C#Cc1cc(B2OC(C)(C)C(C)(C)O2)c(C)cn1. The van der Waals surface area contributed by atoms with Crippen LogP contribution >= 0.6 is 0 Å². The third-order valence-electron chi connectivity index (χ3n) is 3.80. The van der Waals surface area contributed by atoms with Gasteiger partial charge in [-0.15, -0.1) is 6.42 Å². The second kappa shape index (κ2) is 4.12. The van der Waals surface area contributed by atoms with E-state index in [1.807, 2.05) is 40.7 Å². The summed E-state index contributed by atoms with van der Waals surface area (Å²) in [6.45, 7) is 10.1. The zero-order chi connectivity index (χ0) is 13.6. The normalized spacial score (nSPS) is 20.8. The van der Waals surface area contributed by atoms with Gasteiger partial charge in [-0.3, -0.25) is 0 Å². The summed E-state index contributed by atoms with van der Waals surface area (Å²) in [7, 11) is -0.384. The van der Waals surface area contributed by atoms with E-state index in [2.05, 4.69) is 10.9 Å². The first-order valence-corrected chi connectivity index (χ1v) is 6.05. The molecule has 94 valence electrons. The number of aromatic nitrogens is 1. The van der Waals surface area contributed by atoms with Crippen LogP contribution in [0.4, 0.5) is 0 Å². The molecule has 1 aliphatic rings. The van der Waals surface area contributed by atoms with Gasteiger partial charge in [0.2, 0.25) is 0 Å². The van der Waals surface area contributed by atoms with Crippen LogP contribution < -0.4 is 5.46 Å². The molecule has 0 atom stereocenters. The fourth-order valence-electron chi connectivity index (χ4n) is 1.84.